The molecule has 2 unspecified atom stereocenters. The monoisotopic (exact) mass is 291 g/mol. The largest absolute Gasteiger partial charge is 0.309 e. The summed E-state index contributed by atoms with van der Waals surface area (Å²) in [6.07, 6.45) is 6.52. The van der Waals surface area contributed by atoms with E-state index in [9.17, 15) is 0 Å². The van der Waals surface area contributed by atoms with Crippen LogP contribution in [-0.2, 0) is 6.42 Å². The summed E-state index contributed by atoms with van der Waals surface area (Å²) in [6, 6.07) is 9.65. The maximum atomic E-state index is 3.72. The van der Waals surface area contributed by atoms with Gasteiger partial charge in [0.1, 0.15) is 0 Å². The van der Waals surface area contributed by atoms with Crippen LogP contribution < -0.4 is 5.32 Å². The highest BCUT2D eigenvalue weighted by atomic mass is 32.2. The minimum atomic E-state index is 0.452. The molecule has 2 rings (SSSR count). The molecule has 1 aromatic carbocycles. The molecule has 0 amide bonds. The second-order valence-corrected chi connectivity index (χ2v) is 8.03. The van der Waals surface area contributed by atoms with E-state index in [2.05, 4.69) is 62.1 Å². The third-order valence-corrected chi connectivity index (χ3v) is 5.92. The zero-order chi connectivity index (χ0) is 14.4. The van der Waals surface area contributed by atoms with Crippen molar-refractivity contribution in [2.45, 2.75) is 63.7 Å². The van der Waals surface area contributed by atoms with Crippen molar-refractivity contribution in [3.63, 3.8) is 0 Å². The Bertz CT molecular complexity index is 392. The van der Waals surface area contributed by atoms with Crippen LogP contribution in [0.5, 0.6) is 0 Å². The van der Waals surface area contributed by atoms with Crippen LogP contribution in [0.1, 0.15) is 63.6 Å². The lowest BCUT2D eigenvalue weighted by Gasteiger charge is -2.26. The summed E-state index contributed by atoms with van der Waals surface area (Å²) in [5.74, 6) is 1.33. The first-order valence-electron chi connectivity index (χ1n) is 8.09. The quantitative estimate of drug-likeness (QED) is 0.761. The van der Waals surface area contributed by atoms with Gasteiger partial charge in [-0.2, -0.15) is 11.8 Å². The van der Waals surface area contributed by atoms with Gasteiger partial charge in [-0.25, -0.2) is 0 Å². The van der Waals surface area contributed by atoms with Crippen LogP contribution in [0.25, 0.3) is 0 Å². The molecule has 1 N–H and O–H groups in total. The Labute approximate surface area is 128 Å². The molecule has 1 fully saturated rings. The van der Waals surface area contributed by atoms with Crippen molar-refractivity contribution >= 4 is 11.8 Å². The third-order valence-electron chi connectivity index (χ3n) is 4.38. The highest BCUT2D eigenvalue weighted by Crippen LogP contribution is 2.37. The molecule has 0 aliphatic carbocycles. The highest BCUT2D eigenvalue weighted by molar-refractivity contribution is 8.00. The van der Waals surface area contributed by atoms with Gasteiger partial charge in [0.15, 0.2) is 0 Å². The SMILES string of the molecule is CCCCc1ccc(C(C)NCC2(C)CCCS2)cc1. The predicted octanol–water partition coefficient (Wildman–Crippen LogP) is 4.97. The third kappa shape index (κ3) is 4.53. The van der Waals surface area contributed by atoms with Crippen LogP contribution >= 0.6 is 11.8 Å². The van der Waals surface area contributed by atoms with E-state index in [1.807, 2.05) is 0 Å². The molecule has 0 saturated carbocycles. The van der Waals surface area contributed by atoms with E-state index < -0.39 is 0 Å². The minimum Gasteiger partial charge on any atom is -0.309 e. The van der Waals surface area contributed by atoms with E-state index in [1.165, 1.54) is 49.0 Å². The zero-order valence-corrected chi connectivity index (χ0v) is 14.1. The van der Waals surface area contributed by atoms with Crippen molar-refractivity contribution in [1.29, 1.82) is 0 Å². The van der Waals surface area contributed by atoms with Crippen LogP contribution in [0, 0.1) is 0 Å². The van der Waals surface area contributed by atoms with Crippen LogP contribution in [0.3, 0.4) is 0 Å². The molecule has 0 aromatic heterocycles. The predicted molar refractivity (Wildman–Crippen MR) is 91.6 cm³/mol. The van der Waals surface area contributed by atoms with E-state index in [0.717, 1.165) is 6.54 Å². The second-order valence-electron chi connectivity index (χ2n) is 6.35. The molecule has 1 aliphatic rings. The molecule has 20 heavy (non-hydrogen) atoms. The van der Waals surface area contributed by atoms with Gasteiger partial charge in [0.25, 0.3) is 0 Å². The minimum absolute atomic E-state index is 0.452. The molecule has 112 valence electrons. The van der Waals surface area contributed by atoms with Gasteiger partial charge in [-0.05, 0) is 56.4 Å². The van der Waals surface area contributed by atoms with Crippen molar-refractivity contribution < 1.29 is 0 Å². The first-order chi connectivity index (χ1) is 9.63. The lowest BCUT2D eigenvalue weighted by atomic mass is 10.0. The van der Waals surface area contributed by atoms with Gasteiger partial charge in [0.05, 0.1) is 0 Å². The number of aryl methyl sites for hydroxylation is 1. The number of hydrogen-bond donors (Lipinski definition) is 1. The molecule has 0 bridgehead atoms. The number of nitrogens with one attached hydrogen (secondary N) is 1. The van der Waals surface area contributed by atoms with Crippen molar-refractivity contribution in [1.82, 2.24) is 5.32 Å². The standard InChI is InChI=1S/C18H29NS/c1-4-5-7-16-8-10-17(11-9-16)15(2)19-14-18(3)12-6-13-20-18/h8-11,15,19H,4-7,12-14H2,1-3H3. The summed E-state index contributed by atoms with van der Waals surface area (Å²) < 4.78 is 0.454. The highest BCUT2D eigenvalue weighted by Gasteiger charge is 2.29. The molecule has 2 heteroatoms. The van der Waals surface area contributed by atoms with Gasteiger partial charge in [-0.1, -0.05) is 37.6 Å². The molecule has 0 radical (unpaired) electrons. The Kier molecular flexibility index (Phi) is 5.98. The van der Waals surface area contributed by atoms with Gasteiger partial charge in [-0.3, -0.25) is 0 Å². The molecule has 1 nitrogen and oxygen atoms in total. The topological polar surface area (TPSA) is 12.0 Å². The summed E-state index contributed by atoms with van der Waals surface area (Å²) in [5.41, 5.74) is 2.89. The van der Waals surface area contributed by atoms with Crippen LogP contribution in [-0.4, -0.2) is 17.0 Å². The second kappa shape index (κ2) is 7.51. The Morgan fingerprint density at radius 3 is 2.65 bits per heavy atom. The zero-order valence-electron chi connectivity index (χ0n) is 13.2. The average molecular weight is 292 g/mol. The van der Waals surface area contributed by atoms with Crippen LogP contribution in [0.15, 0.2) is 24.3 Å². The molecule has 2 atom stereocenters. The molecule has 1 heterocycles. The maximum Gasteiger partial charge on any atom is 0.0292 e. The van der Waals surface area contributed by atoms with Crippen LogP contribution in [0.2, 0.25) is 0 Å². The fourth-order valence-electron chi connectivity index (χ4n) is 2.82. The Hall–Kier alpha value is -0.470. The van der Waals surface area contributed by atoms with Gasteiger partial charge in [-0.15, -0.1) is 0 Å². The summed E-state index contributed by atoms with van der Waals surface area (Å²) in [7, 11) is 0. The van der Waals surface area contributed by atoms with Crippen molar-refractivity contribution in [3.05, 3.63) is 35.4 Å². The summed E-state index contributed by atoms with van der Waals surface area (Å²) >= 11 is 2.13. The molecule has 1 saturated heterocycles. The first-order valence-corrected chi connectivity index (χ1v) is 9.08. The van der Waals surface area contributed by atoms with Crippen molar-refractivity contribution in [3.8, 4) is 0 Å². The van der Waals surface area contributed by atoms with Gasteiger partial charge in [0, 0.05) is 17.3 Å². The first kappa shape index (κ1) is 15.9. The summed E-state index contributed by atoms with van der Waals surface area (Å²) in [5, 5.41) is 3.72. The van der Waals surface area contributed by atoms with Gasteiger partial charge in [0.2, 0.25) is 0 Å². The van der Waals surface area contributed by atoms with E-state index >= 15 is 0 Å². The van der Waals surface area contributed by atoms with E-state index in [-0.39, 0.29) is 0 Å². The Morgan fingerprint density at radius 2 is 2.05 bits per heavy atom. The normalized spacial score (nSPS) is 23.9. The lowest BCUT2D eigenvalue weighted by molar-refractivity contribution is 0.490. The van der Waals surface area contributed by atoms with E-state index in [0.29, 0.717) is 10.8 Å². The Balaban J connectivity index is 1.84. The lowest BCUT2D eigenvalue weighted by Crippen LogP contribution is -2.34. The average Bonchev–Trinajstić information content (AvgIpc) is 2.90. The molecular formula is C18H29NS. The van der Waals surface area contributed by atoms with Gasteiger partial charge < -0.3 is 5.32 Å². The number of benzene rings is 1. The smallest absolute Gasteiger partial charge is 0.0292 e. The van der Waals surface area contributed by atoms with Gasteiger partial charge >= 0.3 is 0 Å². The van der Waals surface area contributed by atoms with Crippen molar-refractivity contribution in [2.75, 3.05) is 12.3 Å². The Morgan fingerprint density at radius 1 is 1.30 bits per heavy atom. The number of unbranched alkanes of at least 4 members (excludes halogenated alkanes) is 1. The number of rotatable bonds is 7. The van der Waals surface area contributed by atoms with Crippen LogP contribution in [0.4, 0.5) is 0 Å². The fourth-order valence-corrected chi connectivity index (χ4v) is 4.07. The van der Waals surface area contributed by atoms with E-state index in [4.69, 9.17) is 0 Å². The molecule has 0 spiro atoms. The van der Waals surface area contributed by atoms with Crippen molar-refractivity contribution in [2.24, 2.45) is 0 Å². The number of thioether (sulfide) groups is 1. The molecule has 1 aliphatic heterocycles. The maximum absolute atomic E-state index is 3.72. The molecular weight excluding hydrogens is 262 g/mol. The summed E-state index contributed by atoms with van der Waals surface area (Å²) in [6.45, 7) is 8.06. The molecule has 1 aromatic rings. The fraction of sp³-hybridized carbons (Fsp3) is 0.667. The summed E-state index contributed by atoms with van der Waals surface area (Å²) in [4.78, 5) is 0. The number of hydrogen-bond acceptors (Lipinski definition) is 2. The van der Waals surface area contributed by atoms with E-state index in [1.54, 1.807) is 0 Å².